The molecule has 17 heteroatoms. The van der Waals surface area contributed by atoms with Gasteiger partial charge in [-0.2, -0.15) is 0 Å². The van der Waals surface area contributed by atoms with Gasteiger partial charge in [0.25, 0.3) is 0 Å². The summed E-state index contributed by atoms with van der Waals surface area (Å²) in [5.41, 5.74) is 4.59. The summed E-state index contributed by atoms with van der Waals surface area (Å²) < 4.78 is 30.3. The van der Waals surface area contributed by atoms with E-state index in [4.69, 9.17) is 34.2 Å². The van der Waals surface area contributed by atoms with Crippen LogP contribution in [-0.4, -0.2) is 140 Å². The number of carbonyl (C=O) groups excluding carboxylic acids is 5. The number of rotatable bonds is 28. The lowest BCUT2D eigenvalue weighted by atomic mass is 9.91. The fraction of sp³-hybridized carbons (Fsp3) is 0.848. The zero-order chi connectivity index (χ0) is 38.6. The number of ketones is 1. The molecule has 0 bridgehead atoms. The molecule has 0 saturated heterocycles. The number of nitrogens with zero attached hydrogens (tertiary/aromatic N) is 1. The minimum atomic E-state index is -1.32. The molecule has 1 atom stereocenters. The quantitative estimate of drug-likeness (QED) is 0.0506. The summed E-state index contributed by atoms with van der Waals surface area (Å²) in [6, 6.07) is -0.543. The van der Waals surface area contributed by atoms with Crippen LogP contribution in [0.2, 0.25) is 0 Å². The number of Topliss-reactive ketones (excluding diaryl/α,β-unsaturated/α-hetero) is 1. The lowest BCUT2D eigenvalue weighted by molar-refractivity contribution is -0.170. The normalized spacial score (nSPS) is 13.1. The van der Waals surface area contributed by atoms with Crippen molar-refractivity contribution < 1.29 is 52.4 Å². The molecule has 0 aromatic heterocycles. The smallest absolute Gasteiger partial charge is 0.322 e. The predicted molar refractivity (Wildman–Crippen MR) is 200 cm³/mol. The van der Waals surface area contributed by atoms with Crippen molar-refractivity contribution in [3.8, 4) is 0 Å². The van der Waals surface area contributed by atoms with Crippen LogP contribution in [0, 0.1) is 5.41 Å². The molecule has 0 heterocycles. The minimum Gasteiger partial charge on any atom is -0.464 e. The highest BCUT2D eigenvalue weighted by Gasteiger charge is 2.41. The minimum absolute atomic E-state index is 0.182. The number of hydrogen-bond donors (Lipinski definition) is 2. The molecule has 292 valence electrons. The van der Waals surface area contributed by atoms with E-state index in [1.54, 1.807) is 41.5 Å². The molecule has 0 rings (SSSR count). The zero-order valence-corrected chi connectivity index (χ0v) is 35.6. The van der Waals surface area contributed by atoms with Crippen molar-refractivity contribution in [1.82, 2.24) is 10.2 Å². The van der Waals surface area contributed by atoms with Crippen molar-refractivity contribution >= 4 is 77.4 Å². The highest BCUT2D eigenvalue weighted by molar-refractivity contribution is 9.10. The first-order valence-corrected chi connectivity index (χ1v) is 18.9. The van der Waals surface area contributed by atoms with Gasteiger partial charge in [-0.15, -0.1) is 0 Å². The molecule has 14 nitrogen and oxygen atoms in total. The zero-order valence-electron chi connectivity index (χ0n) is 30.8. The molecule has 0 aliphatic heterocycles. The summed E-state index contributed by atoms with van der Waals surface area (Å²) in [6.45, 7) is 10.7. The molecule has 0 aromatic rings. The van der Waals surface area contributed by atoms with E-state index in [9.17, 15) is 24.0 Å². The maximum atomic E-state index is 12.6. The van der Waals surface area contributed by atoms with Gasteiger partial charge in [-0.25, -0.2) is 0 Å². The SMILES string of the molecule is CN(C)CCC[C@H](N)C(=O)NCCOCCOCCCC(=O)COCC(COC(=O)C(C)(C)Br)(COC(=O)C(C)(C)Br)COC(=O)C(C)(C)Br. The number of nitrogens with two attached hydrogens (primary N) is 1. The molecule has 1 amide bonds. The number of carbonyl (C=O) groups is 5. The summed E-state index contributed by atoms with van der Waals surface area (Å²) in [6.07, 6.45) is 2.08. The fourth-order valence-electron chi connectivity index (χ4n) is 3.70. The lowest BCUT2D eigenvalue weighted by Gasteiger charge is -2.34. The van der Waals surface area contributed by atoms with Crippen molar-refractivity contribution in [2.45, 2.75) is 86.2 Å². The monoisotopic (exact) mass is 909 g/mol. The third-order valence-electron chi connectivity index (χ3n) is 6.78. The Morgan fingerprint density at radius 1 is 0.680 bits per heavy atom. The second-order valence-electron chi connectivity index (χ2n) is 13.8. The van der Waals surface area contributed by atoms with Crippen LogP contribution in [-0.2, 0) is 52.4 Å². The molecule has 0 unspecified atom stereocenters. The van der Waals surface area contributed by atoms with Crippen LogP contribution < -0.4 is 11.1 Å². The second-order valence-corrected chi connectivity index (χ2v) is 19.8. The van der Waals surface area contributed by atoms with Gasteiger partial charge in [0.05, 0.1) is 37.9 Å². The van der Waals surface area contributed by atoms with E-state index in [0.29, 0.717) is 45.8 Å². The van der Waals surface area contributed by atoms with E-state index >= 15 is 0 Å². The maximum absolute atomic E-state index is 12.6. The van der Waals surface area contributed by atoms with Crippen LogP contribution in [0.25, 0.3) is 0 Å². The first-order valence-electron chi connectivity index (χ1n) is 16.5. The number of amides is 1. The number of hydrogen-bond acceptors (Lipinski definition) is 13. The number of alkyl halides is 3. The molecule has 3 N–H and O–H groups in total. The Morgan fingerprint density at radius 2 is 1.14 bits per heavy atom. The molecular weight excluding hydrogens is 854 g/mol. The van der Waals surface area contributed by atoms with E-state index in [0.717, 1.165) is 13.0 Å². The van der Waals surface area contributed by atoms with E-state index in [-0.39, 0.29) is 51.1 Å². The van der Waals surface area contributed by atoms with Crippen LogP contribution >= 0.6 is 47.8 Å². The van der Waals surface area contributed by atoms with Gasteiger partial charge in [-0.05, 0) is 81.4 Å². The highest BCUT2D eigenvalue weighted by atomic mass is 79.9. The van der Waals surface area contributed by atoms with Crippen molar-refractivity contribution in [3.63, 3.8) is 0 Å². The number of esters is 3. The first kappa shape index (κ1) is 48.8. The lowest BCUT2D eigenvalue weighted by Crippen LogP contribution is -2.46. The summed E-state index contributed by atoms with van der Waals surface area (Å²) in [7, 11) is 3.94. The van der Waals surface area contributed by atoms with Crippen LogP contribution in [0.1, 0.15) is 67.2 Å². The highest BCUT2D eigenvalue weighted by Crippen LogP contribution is 2.28. The van der Waals surface area contributed by atoms with E-state index in [1.807, 2.05) is 19.0 Å². The van der Waals surface area contributed by atoms with Gasteiger partial charge >= 0.3 is 17.9 Å². The maximum Gasteiger partial charge on any atom is 0.322 e. The Kier molecular flexibility index (Phi) is 23.6. The van der Waals surface area contributed by atoms with Crippen molar-refractivity contribution in [3.05, 3.63) is 0 Å². The Balaban J connectivity index is 4.85. The van der Waals surface area contributed by atoms with Crippen molar-refractivity contribution in [1.29, 1.82) is 0 Å². The topological polar surface area (TPSA) is 182 Å². The average Bonchev–Trinajstić information content (AvgIpc) is 2.99. The van der Waals surface area contributed by atoms with E-state index in [1.165, 1.54) is 0 Å². The molecule has 0 radical (unpaired) electrons. The van der Waals surface area contributed by atoms with Crippen LogP contribution in [0.15, 0.2) is 0 Å². The van der Waals surface area contributed by atoms with Gasteiger partial charge in [0.2, 0.25) is 5.91 Å². The fourth-order valence-corrected chi connectivity index (χ4v) is 4.05. The molecule has 50 heavy (non-hydrogen) atoms. The van der Waals surface area contributed by atoms with Gasteiger partial charge in [-0.3, -0.25) is 24.0 Å². The third kappa shape index (κ3) is 23.4. The summed E-state index contributed by atoms with van der Waals surface area (Å²) in [4.78, 5) is 64.5. The summed E-state index contributed by atoms with van der Waals surface area (Å²) in [5, 5.41) is 2.76. The second kappa shape index (κ2) is 24.2. The standard InChI is InChI=1S/C33H58Br3N3O11/c1-30(2,34)27(42)48-21-33(22-49-28(43)31(3,4)35,23-50-29(44)32(5,6)36)20-47-19-24(40)11-10-15-45-17-18-46-16-13-38-26(41)25(37)12-9-14-39(7)8/h25H,9-23,37H2,1-8H3,(H,38,41)/t25-/m0/s1. The Labute approximate surface area is 322 Å². The van der Waals surface area contributed by atoms with E-state index in [2.05, 4.69) is 53.1 Å². The van der Waals surface area contributed by atoms with Crippen LogP contribution in [0.3, 0.4) is 0 Å². The molecule has 0 spiro atoms. The number of halogens is 3. The Hall–Kier alpha value is -1.21. The van der Waals surface area contributed by atoms with Crippen LogP contribution in [0.5, 0.6) is 0 Å². The van der Waals surface area contributed by atoms with Gasteiger partial charge < -0.3 is 44.4 Å². The third-order valence-corrected chi connectivity index (χ3v) is 7.75. The van der Waals surface area contributed by atoms with Gasteiger partial charge in [0.1, 0.15) is 39.4 Å². The largest absolute Gasteiger partial charge is 0.464 e. The average molecular weight is 913 g/mol. The Morgan fingerprint density at radius 3 is 1.58 bits per heavy atom. The number of ether oxygens (including phenoxy) is 6. The molecule has 0 saturated carbocycles. The van der Waals surface area contributed by atoms with Crippen molar-refractivity contribution in [2.24, 2.45) is 11.1 Å². The first-order chi connectivity index (χ1) is 23.0. The van der Waals surface area contributed by atoms with Gasteiger partial charge in [0.15, 0.2) is 5.78 Å². The van der Waals surface area contributed by atoms with Gasteiger partial charge in [-0.1, -0.05) is 47.8 Å². The summed E-state index contributed by atoms with van der Waals surface area (Å²) in [5.74, 6) is -2.19. The molecule has 0 aromatic carbocycles. The van der Waals surface area contributed by atoms with E-state index < -0.39 is 42.3 Å². The van der Waals surface area contributed by atoms with Gasteiger partial charge in [0, 0.05) is 19.6 Å². The molecule has 0 aliphatic carbocycles. The number of nitrogens with one attached hydrogen (secondary N) is 1. The molecule has 0 fully saturated rings. The molecule has 0 aliphatic rings. The summed E-state index contributed by atoms with van der Waals surface area (Å²) >= 11 is 9.79. The van der Waals surface area contributed by atoms with Crippen molar-refractivity contribution in [2.75, 3.05) is 86.6 Å². The molecular formula is C33H58Br3N3O11. The Bertz CT molecular complexity index is 984. The van der Waals surface area contributed by atoms with Crippen LogP contribution in [0.4, 0.5) is 0 Å². The predicted octanol–water partition coefficient (Wildman–Crippen LogP) is 3.31.